The molecule has 10 heavy (non-hydrogen) atoms. The molecule has 2 heteroatoms. The molecule has 0 aromatic carbocycles. The molecule has 0 aliphatic carbocycles. The standard InChI is InChI=1S/C8H9NO/c1-3-9-6-4-5-8(9)7(2)10/h3-6H,1H2,2H3. The summed E-state index contributed by atoms with van der Waals surface area (Å²) in [5, 5.41) is 0. The van der Waals surface area contributed by atoms with Crippen LogP contribution in [0.4, 0.5) is 0 Å². The van der Waals surface area contributed by atoms with Gasteiger partial charge in [0, 0.05) is 19.3 Å². The molecule has 1 aromatic rings. The van der Waals surface area contributed by atoms with Crippen LogP contribution < -0.4 is 0 Å². The van der Waals surface area contributed by atoms with Crippen molar-refractivity contribution in [3.05, 3.63) is 30.6 Å². The van der Waals surface area contributed by atoms with Gasteiger partial charge < -0.3 is 4.57 Å². The molecule has 0 radical (unpaired) electrons. The van der Waals surface area contributed by atoms with Crippen LogP contribution in [-0.2, 0) is 0 Å². The zero-order valence-corrected chi connectivity index (χ0v) is 5.87. The highest BCUT2D eigenvalue weighted by atomic mass is 16.1. The number of rotatable bonds is 2. The van der Waals surface area contributed by atoms with Crippen molar-refractivity contribution in [2.45, 2.75) is 6.92 Å². The van der Waals surface area contributed by atoms with E-state index in [-0.39, 0.29) is 5.78 Å². The van der Waals surface area contributed by atoms with Crippen molar-refractivity contribution >= 4 is 12.0 Å². The van der Waals surface area contributed by atoms with Crippen LogP contribution in [0.2, 0.25) is 0 Å². The van der Waals surface area contributed by atoms with Crippen LogP contribution in [0.25, 0.3) is 6.20 Å². The lowest BCUT2D eigenvalue weighted by molar-refractivity contribution is 0.101. The maximum absolute atomic E-state index is 10.8. The molecule has 0 N–H and O–H groups in total. The monoisotopic (exact) mass is 135 g/mol. The van der Waals surface area contributed by atoms with Crippen molar-refractivity contribution in [1.29, 1.82) is 0 Å². The number of carbonyl (C=O) groups is 1. The van der Waals surface area contributed by atoms with Gasteiger partial charge in [-0.2, -0.15) is 0 Å². The van der Waals surface area contributed by atoms with Gasteiger partial charge >= 0.3 is 0 Å². The predicted octanol–water partition coefficient (Wildman–Crippen LogP) is 1.79. The summed E-state index contributed by atoms with van der Waals surface area (Å²) in [6.45, 7) is 5.09. The maximum Gasteiger partial charge on any atom is 0.176 e. The summed E-state index contributed by atoms with van der Waals surface area (Å²) in [5.41, 5.74) is 0.676. The van der Waals surface area contributed by atoms with E-state index in [2.05, 4.69) is 6.58 Å². The SMILES string of the molecule is C=Cn1cccc1C(C)=O. The molecule has 0 spiro atoms. The molecule has 0 fully saturated rings. The normalized spacial score (nSPS) is 9.30. The third-order valence-corrected chi connectivity index (χ3v) is 1.34. The van der Waals surface area contributed by atoms with Crippen LogP contribution in [0.5, 0.6) is 0 Å². The molecule has 1 aromatic heterocycles. The summed E-state index contributed by atoms with van der Waals surface area (Å²) in [6.07, 6.45) is 3.40. The van der Waals surface area contributed by atoms with Gasteiger partial charge in [-0.15, -0.1) is 0 Å². The van der Waals surface area contributed by atoms with Crippen LogP contribution in [0.1, 0.15) is 17.4 Å². The summed E-state index contributed by atoms with van der Waals surface area (Å²) in [7, 11) is 0. The fourth-order valence-electron chi connectivity index (χ4n) is 0.852. The first-order chi connectivity index (χ1) is 4.75. The van der Waals surface area contributed by atoms with Crippen molar-refractivity contribution in [1.82, 2.24) is 4.57 Å². The van der Waals surface area contributed by atoms with Gasteiger partial charge in [0.15, 0.2) is 5.78 Å². The Morgan fingerprint density at radius 1 is 1.80 bits per heavy atom. The van der Waals surface area contributed by atoms with E-state index in [1.165, 1.54) is 6.92 Å². The lowest BCUT2D eigenvalue weighted by Crippen LogP contribution is -1.98. The van der Waals surface area contributed by atoms with Crippen LogP contribution in [0, 0.1) is 0 Å². The minimum Gasteiger partial charge on any atom is -0.321 e. The number of aromatic nitrogens is 1. The quantitative estimate of drug-likeness (QED) is 0.566. The predicted molar refractivity (Wildman–Crippen MR) is 40.8 cm³/mol. The summed E-state index contributed by atoms with van der Waals surface area (Å²) < 4.78 is 1.70. The second-order valence-electron chi connectivity index (χ2n) is 2.04. The van der Waals surface area contributed by atoms with Crippen LogP contribution in [0.15, 0.2) is 24.9 Å². The molecule has 1 heterocycles. The first kappa shape index (κ1) is 6.81. The Labute approximate surface area is 59.8 Å². The summed E-state index contributed by atoms with van der Waals surface area (Å²) >= 11 is 0. The topological polar surface area (TPSA) is 22.0 Å². The number of hydrogen-bond donors (Lipinski definition) is 0. The van der Waals surface area contributed by atoms with Crippen LogP contribution in [-0.4, -0.2) is 10.4 Å². The second kappa shape index (κ2) is 2.52. The van der Waals surface area contributed by atoms with Gasteiger partial charge in [0.1, 0.15) is 0 Å². The second-order valence-corrected chi connectivity index (χ2v) is 2.04. The Morgan fingerprint density at radius 3 is 2.90 bits per heavy atom. The summed E-state index contributed by atoms with van der Waals surface area (Å²) in [5.74, 6) is 0.0601. The van der Waals surface area contributed by atoms with E-state index in [9.17, 15) is 4.79 Å². The van der Waals surface area contributed by atoms with E-state index < -0.39 is 0 Å². The Bertz CT molecular complexity index is 260. The van der Waals surface area contributed by atoms with Crippen LogP contribution in [0.3, 0.4) is 0 Å². The van der Waals surface area contributed by atoms with Gasteiger partial charge in [0.25, 0.3) is 0 Å². The van der Waals surface area contributed by atoms with Gasteiger partial charge in [-0.1, -0.05) is 6.58 Å². The van der Waals surface area contributed by atoms with Crippen molar-refractivity contribution in [3.63, 3.8) is 0 Å². The number of hydrogen-bond acceptors (Lipinski definition) is 1. The highest BCUT2D eigenvalue weighted by molar-refractivity contribution is 5.93. The first-order valence-electron chi connectivity index (χ1n) is 3.06. The smallest absolute Gasteiger partial charge is 0.176 e. The van der Waals surface area contributed by atoms with Gasteiger partial charge in [-0.25, -0.2) is 0 Å². The molecule has 2 nitrogen and oxygen atoms in total. The lowest BCUT2D eigenvalue weighted by Gasteiger charge is -1.96. The highest BCUT2D eigenvalue weighted by Crippen LogP contribution is 2.02. The van der Waals surface area contributed by atoms with E-state index in [1.54, 1.807) is 23.0 Å². The molecule has 52 valence electrons. The zero-order valence-electron chi connectivity index (χ0n) is 5.87. The van der Waals surface area contributed by atoms with E-state index in [0.717, 1.165) is 0 Å². The van der Waals surface area contributed by atoms with Gasteiger partial charge in [-0.05, 0) is 12.1 Å². The number of nitrogens with zero attached hydrogens (tertiary/aromatic N) is 1. The molecule has 0 amide bonds. The van der Waals surface area contributed by atoms with Crippen molar-refractivity contribution in [2.75, 3.05) is 0 Å². The lowest BCUT2D eigenvalue weighted by atomic mass is 10.3. The third-order valence-electron chi connectivity index (χ3n) is 1.34. The van der Waals surface area contributed by atoms with Crippen LogP contribution >= 0.6 is 0 Å². The van der Waals surface area contributed by atoms with E-state index in [0.29, 0.717) is 5.69 Å². The Kier molecular flexibility index (Phi) is 1.71. The molecule has 1 rings (SSSR count). The van der Waals surface area contributed by atoms with Gasteiger partial charge in [0.2, 0.25) is 0 Å². The largest absolute Gasteiger partial charge is 0.321 e. The molecule has 0 saturated heterocycles. The highest BCUT2D eigenvalue weighted by Gasteiger charge is 2.00. The van der Waals surface area contributed by atoms with E-state index in [4.69, 9.17) is 0 Å². The minimum absolute atomic E-state index is 0.0601. The van der Waals surface area contributed by atoms with Crippen molar-refractivity contribution < 1.29 is 4.79 Å². The fraction of sp³-hybridized carbons (Fsp3) is 0.125. The molecular weight excluding hydrogens is 126 g/mol. The number of Topliss-reactive ketones (excluding diaryl/α,β-unsaturated/α-hetero) is 1. The Balaban J connectivity index is 3.13. The molecular formula is C8H9NO. The van der Waals surface area contributed by atoms with E-state index in [1.807, 2.05) is 6.07 Å². The molecule has 0 bridgehead atoms. The molecule has 0 aliphatic heterocycles. The summed E-state index contributed by atoms with van der Waals surface area (Å²) in [4.78, 5) is 10.8. The van der Waals surface area contributed by atoms with Crippen molar-refractivity contribution in [3.8, 4) is 0 Å². The average molecular weight is 135 g/mol. The molecule has 0 aliphatic rings. The number of carbonyl (C=O) groups excluding carboxylic acids is 1. The minimum atomic E-state index is 0.0601. The molecule has 0 atom stereocenters. The zero-order chi connectivity index (χ0) is 7.56. The van der Waals surface area contributed by atoms with Crippen molar-refractivity contribution in [2.24, 2.45) is 0 Å². The fourth-order valence-corrected chi connectivity index (χ4v) is 0.852. The first-order valence-corrected chi connectivity index (χ1v) is 3.06. The Hall–Kier alpha value is -1.31. The molecule has 0 saturated carbocycles. The van der Waals surface area contributed by atoms with E-state index >= 15 is 0 Å². The summed E-state index contributed by atoms with van der Waals surface area (Å²) in [6, 6.07) is 3.59. The Morgan fingerprint density at radius 2 is 2.50 bits per heavy atom. The third kappa shape index (κ3) is 1.00. The van der Waals surface area contributed by atoms with Gasteiger partial charge in [-0.3, -0.25) is 4.79 Å². The average Bonchev–Trinajstić information content (AvgIpc) is 2.33. The number of ketones is 1. The maximum atomic E-state index is 10.8. The molecule has 0 unspecified atom stereocenters. The van der Waals surface area contributed by atoms with Gasteiger partial charge in [0.05, 0.1) is 5.69 Å².